The first-order chi connectivity index (χ1) is 8.91. The normalized spacial score (nSPS) is 11.1. The van der Waals surface area contributed by atoms with E-state index >= 15 is 0 Å². The lowest BCUT2D eigenvalue weighted by atomic mass is 10.1. The Bertz CT molecular complexity index is 142. The third kappa shape index (κ3) is 38.1. The molecular weight excluding hydrogens is 255 g/mol. The molecule has 0 spiro atoms. The van der Waals surface area contributed by atoms with Crippen LogP contribution in [0.25, 0.3) is 0 Å². The molecule has 0 aliphatic rings. The molecule has 0 amide bonds. The Labute approximate surface area is 116 Å². The van der Waals surface area contributed by atoms with Crippen molar-refractivity contribution in [3.8, 4) is 0 Å². The van der Waals surface area contributed by atoms with Gasteiger partial charge in [-0.3, -0.25) is 0 Å². The van der Waals surface area contributed by atoms with Gasteiger partial charge in [0.05, 0.1) is 0 Å². The van der Waals surface area contributed by atoms with Gasteiger partial charge in [0.1, 0.15) is 0 Å². The van der Waals surface area contributed by atoms with Crippen LogP contribution in [-0.4, -0.2) is 7.25 Å². The van der Waals surface area contributed by atoms with Crippen molar-refractivity contribution in [2.75, 3.05) is 0 Å². The molecule has 0 aromatic rings. The van der Waals surface area contributed by atoms with Crippen LogP contribution in [0.5, 0.6) is 0 Å². The molecule has 0 bridgehead atoms. The Kier molecular flexibility index (Phi) is 17.6. The van der Waals surface area contributed by atoms with Gasteiger partial charge in [-0.2, -0.15) is 0 Å². The zero-order valence-corrected chi connectivity index (χ0v) is 12.6. The molecule has 0 aliphatic heterocycles. The second-order valence-electron chi connectivity index (χ2n) is 5.03. The van der Waals surface area contributed by atoms with Crippen LogP contribution in [0.3, 0.4) is 0 Å². The standard InChI is InChI=1S/C14H30.BF4/c1-3-5-7-9-11-13-14-12-10-8-6-4-2;2-1(3,4)5/h3-14H2,1-2H3;/q;-1. The van der Waals surface area contributed by atoms with E-state index in [9.17, 15) is 17.3 Å². The van der Waals surface area contributed by atoms with Gasteiger partial charge in [-0.1, -0.05) is 90.9 Å². The zero-order chi connectivity index (χ0) is 15.0. The molecule has 0 aromatic carbocycles. The van der Waals surface area contributed by atoms with Gasteiger partial charge in [0.25, 0.3) is 0 Å². The highest BCUT2D eigenvalue weighted by molar-refractivity contribution is 6.50. The van der Waals surface area contributed by atoms with Crippen LogP contribution in [0.4, 0.5) is 17.3 Å². The zero-order valence-electron chi connectivity index (χ0n) is 12.6. The van der Waals surface area contributed by atoms with E-state index in [1.807, 2.05) is 0 Å². The second kappa shape index (κ2) is 15.8. The number of hydrogen-bond acceptors (Lipinski definition) is 0. The van der Waals surface area contributed by atoms with E-state index in [2.05, 4.69) is 13.8 Å². The van der Waals surface area contributed by atoms with Gasteiger partial charge in [-0.05, 0) is 0 Å². The van der Waals surface area contributed by atoms with Gasteiger partial charge in [0.2, 0.25) is 0 Å². The topological polar surface area (TPSA) is 0 Å². The van der Waals surface area contributed by atoms with Crippen molar-refractivity contribution in [1.82, 2.24) is 0 Å². The summed E-state index contributed by atoms with van der Waals surface area (Å²) in [5.41, 5.74) is 0. The van der Waals surface area contributed by atoms with E-state index in [1.165, 1.54) is 77.0 Å². The summed E-state index contributed by atoms with van der Waals surface area (Å²) >= 11 is 0. The third-order valence-electron chi connectivity index (χ3n) is 2.96. The smallest absolute Gasteiger partial charge is 0.418 e. The van der Waals surface area contributed by atoms with Gasteiger partial charge >= 0.3 is 7.25 Å². The minimum atomic E-state index is -6.00. The summed E-state index contributed by atoms with van der Waals surface area (Å²) in [5, 5.41) is 0. The van der Waals surface area contributed by atoms with Crippen molar-refractivity contribution in [2.45, 2.75) is 90.9 Å². The molecule has 0 aromatic heterocycles. The minimum Gasteiger partial charge on any atom is -0.418 e. The van der Waals surface area contributed by atoms with Crippen LogP contribution < -0.4 is 0 Å². The van der Waals surface area contributed by atoms with Crippen molar-refractivity contribution in [3.05, 3.63) is 0 Å². The maximum absolute atomic E-state index is 9.75. The van der Waals surface area contributed by atoms with Gasteiger partial charge in [0, 0.05) is 0 Å². The molecule has 0 nitrogen and oxygen atoms in total. The summed E-state index contributed by atoms with van der Waals surface area (Å²) in [4.78, 5) is 0. The molecule has 0 N–H and O–H groups in total. The number of hydrogen-bond donors (Lipinski definition) is 0. The minimum absolute atomic E-state index is 1.37. The largest absolute Gasteiger partial charge is 0.673 e. The Morgan fingerprint density at radius 2 is 0.632 bits per heavy atom. The van der Waals surface area contributed by atoms with Crippen LogP contribution in [0.2, 0.25) is 0 Å². The van der Waals surface area contributed by atoms with E-state index < -0.39 is 7.25 Å². The molecule has 0 fully saturated rings. The summed E-state index contributed by atoms with van der Waals surface area (Å²) in [6, 6.07) is 0. The Balaban J connectivity index is 0. The number of unbranched alkanes of at least 4 members (excludes halogenated alkanes) is 11. The van der Waals surface area contributed by atoms with Gasteiger partial charge in [-0.25, -0.2) is 0 Å². The van der Waals surface area contributed by atoms with Crippen molar-refractivity contribution < 1.29 is 17.3 Å². The van der Waals surface area contributed by atoms with E-state index in [0.717, 1.165) is 0 Å². The summed E-state index contributed by atoms with van der Waals surface area (Å²) in [6.07, 6.45) is 17.4. The van der Waals surface area contributed by atoms with Crippen LogP contribution in [-0.2, 0) is 0 Å². The first kappa shape index (κ1) is 21.1. The van der Waals surface area contributed by atoms with Crippen molar-refractivity contribution >= 4 is 7.25 Å². The van der Waals surface area contributed by atoms with Crippen LogP contribution in [0.1, 0.15) is 90.9 Å². The fraction of sp³-hybridized carbons (Fsp3) is 1.00. The van der Waals surface area contributed by atoms with E-state index in [1.54, 1.807) is 0 Å². The quantitative estimate of drug-likeness (QED) is 0.217. The first-order valence-corrected chi connectivity index (χ1v) is 7.79. The van der Waals surface area contributed by atoms with Crippen molar-refractivity contribution in [2.24, 2.45) is 0 Å². The van der Waals surface area contributed by atoms with Crippen LogP contribution in [0.15, 0.2) is 0 Å². The summed E-state index contributed by atoms with van der Waals surface area (Å²) in [7, 11) is -6.00. The molecule has 19 heavy (non-hydrogen) atoms. The molecular formula is C14H30BF4-. The molecule has 5 heteroatoms. The molecule has 0 unspecified atom stereocenters. The van der Waals surface area contributed by atoms with Gasteiger partial charge in [-0.15, -0.1) is 0 Å². The average molecular weight is 285 g/mol. The molecule has 0 heterocycles. The molecule has 0 saturated heterocycles. The molecule has 0 saturated carbocycles. The van der Waals surface area contributed by atoms with E-state index in [0.29, 0.717) is 0 Å². The Morgan fingerprint density at radius 1 is 0.474 bits per heavy atom. The Morgan fingerprint density at radius 3 is 0.789 bits per heavy atom. The van der Waals surface area contributed by atoms with Crippen molar-refractivity contribution in [1.29, 1.82) is 0 Å². The highest BCUT2D eigenvalue weighted by Gasteiger charge is 2.20. The lowest BCUT2D eigenvalue weighted by Gasteiger charge is -2.01. The monoisotopic (exact) mass is 285 g/mol. The lowest BCUT2D eigenvalue weighted by molar-refractivity contribution is 0.368. The summed E-state index contributed by atoms with van der Waals surface area (Å²) in [5.74, 6) is 0. The maximum Gasteiger partial charge on any atom is 0.673 e. The van der Waals surface area contributed by atoms with E-state index in [4.69, 9.17) is 0 Å². The van der Waals surface area contributed by atoms with Gasteiger partial charge < -0.3 is 17.3 Å². The first-order valence-electron chi connectivity index (χ1n) is 7.79. The Hall–Kier alpha value is -0.215. The molecule has 0 aliphatic carbocycles. The number of rotatable bonds is 11. The summed E-state index contributed by atoms with van der Waals surface area (Å²) in [6.45, 7) is 4.57. The third-order valence-corrected chi connectivity index (χ3v) is 2.96. The average Bonchev–Trinajstić information content (AvgIpc) is 2.29. The highest BCUT2D eigenvalue weighted by Crippen LogP contribution is 2.11. The highest BCUT2D eigenvalue weighted by atomic mass is 19.5. The molecule has 0 atom stereocenters. The fourth-order valence-electron chi connectivity index (χ4n) is 1.91. The predicted molar refractivity (Wildman–Crippen MR) is 76.9 cm³/mol. The lowest BCUT2D eigenvalue weighted by Crippen LogP contribution is -2.02. The fourth-order valence-corrected chi connectivity index (χ4v) is 1.91. The van der Waals surface area contributed by atoms with Crippen LogP contribution in [0, 0.1) is 0 Å². The number of halogens is 4. The summed E-state index contributed by atoms with van der Waals surface area (Å²) < 4.78 is 39.0. The molecule has 118 valence electrons. The van der Waals surface area contributed by atoms with Gasteiger partial charge in [0.15, 0.2) is 0 Å². The van der Waals surface area contributed by atoms with Crippen molar-refractivity contribution in [3.63, 3.8) is 0 Å². The second-order valence-corrected chi connectivity index (χ2v) is 5.03. The predicted octanol–water partition coefficient (Wildman–Crippen LogP) is 7.01. The maximum atomic E-state index is 9.75. The SMILES string of the molecule is CCCCCCCCCCCCCC.F[B-](F)(F)F. The van der Waals surface area contributed by atoms with E-state index in [-0.39, 0.29) is 0 Å². The molecule has 0 rings (SSSR count). The van der Waals surface area contributed by atoms with Crippen LogP contribution >= 0.6 is 0 Å². The molecule has 0 radical (unpaired) electrons.